The van der Waals surface area contributed by atoms with E-state index in [0.29, 0.717) is 19.3 Å². The molecule has 0 aromatic rings. The van der Waals surface area contributed by atoms with E-state index in [1.54, 1.807) is 0 Å². The molecule has 15 nitrogen and oxygen atoms in total. The Kier molecular flexibility index (Phi) is 13.2. The fourth-order valence-electron chi connectivity index (χ4n) is 11.9. The predicted molar refractivity (Wildman–Crippen MR) is 201 cm³/mol. The van der Waals surface area contributed by atoms with Gasteiger partial charge in [0.15, 0.2) is 30.2 Å². The van der Waals surface area contributed by atoms with Gasteiger partial charge in [0.25, 0.3) is 0 Å². The Morgan fingerprint density at radius 2 is 1.60 bits per heavy atom. The van der Waals surface area contributed by atoms with Crippen LogP contribution in [0.4, 0.5) is 0 Å². The lowest BCUT2D eigenvalue weighted by molar-refractivity contribution is -0.369. The summed E-state index contributed by atoms with van der Waals surface area (Å²) < 4.78 is 28.6. The first-order chi connectivity index (χ1) is 26.8. The molecule has 6 rings (SSSR count). The molecule has 0 spiro atoms. The van der Waals surface area contributed by atoms with Crippen molar-refractivity contribution in [1.82, 2.24) is 0 Å². The van der Waals surface area contributed by atoms with E-state index in [4.69, 9.17) is 23.7 Å². The predicted octanol–water partition coefficient (Wildman–Crippen LogP) is 2.02. The van der Waals surface area contributed by atoms with Gasteiger partial charge in [-0.05, 0) is 98.0 Å². The molecular formula is C42H64O15. The third kappa shape index (κ3) is 7.68. The topological polar surface area (TPSA) is 239 Å². The van der Waals surface area contributed by atoms with E-state index in [0.717, 1.165) is 43.9 Å². The normalized spacial score (nSPS) is 45.6. The van der Waals surface area contributed by atoms with Crippen LogP contribution < -0.4 is 0 Å². The quantitative estimate of drug-likeness (QED) is 0.0898. The Labute approximate surface area is 334 Å². The lowest BCUT2D eigenvalue weighted by atomic mass is 9.44. The third-order valence-corrected chi connectivity index (χ3v) is 14.9. The second kappa shape index (κ2) is 17.0. The lowest BCUT2D eigenvalue weighted by Crippen LogP contribution is -2.65. The highest BCUT2D eigenvalue weighted by atomic mass is 16.8. The number of aliphatic hydroxyl groups excluding tert-OH is 7. The van der Waals surface area contributed by atoms with Gasteiger partial charge < -0.3 is 59.4 Å². The van der Waals surface area contributed by atoms with Crippen LogP contribution in [0.15, 0.2) is 23.0 Å². The first-order valence-corrected chi connectivity index (χ1v) is 20.7. The Balaban J connectivity index is 1.17. The van der Waals surface area contributed by atoms with Crippen LogP contribution in [0, 0.1) is 46.3 Å². The summed E-state index contributed by atoms with van der Waals surface area (Å²) in [6, 6.07) is 0. The van der Waals surface area contributed by atoms with Gasteiger partial charge >= 0.3 is 5.97 Å². The van der Waals surface area contributed by atoms with Crippen molar-refractivity contribution in [2.24, 2.45) is 46.3 Å². The minimum atomic E-state index is -1.82. The molecule has 2 heterocycles. The number of carbonyl (C=O) groups excluding carboxylic acids is 3. The number of allylic oxidation sites excluding steroid dienone is 4. The minimum absolute atomic E-state index is 0.0392. The summed E-state index contributed by atoms with van der Waals surface area (Å²) in [5, 5.41) is 74.5. The molecule has 322 valence electrons. The molecule has 0 radical (unpaired) electrons. The fraction of sp³-hybridized carbons (Fsp3) is 0.833. The van der Waals surface area contributed by atoms with Gasteiger partial charge in [-0.3, -0.25) is 9.59 Å². The molecule has 7 N–H and O–H groups in total. The zero-order valence-electron chi connectivity index (χ0n) is 34.2. The second-order valence-electron chi connectivity index (χ2n) is 18.3. The van der Waals surface area contributed by atoms with Crippen molar-refractivity contribution in [2.45, 2.75) is 160 Å². The van der Waals surface area contributed by atoms with Crippen molar-refractivity contribution in [3.05, 3.63) is 23.0 Å². The highest BCUT2D eigenvalue weighted by Crippen LogP contribution is 2.67. The SMILES string of the molecule is CC=C(C(=O)C[C@@H](C)C1=C(O)C(=O)[C@@H]2[C@@H]3CC[C@H]4C[C@@H](O[C@@H]5O[C@H](C(=O)OC)[C@@H](O)[C@H](O)[C@H]5O[C@@H]5O[C@H](CO)[C@@H](O)[C@H](O)[C@H]5O)CC[C@]4(C)[C@H]3CC[C@]12C)C(C)C. The molecule has 2 saturated heterocycles. The zero-order valence-corrected chi connectivity index (χ0v) is 34.2. The number of ketones is 2. The van der Waals surface area contributed by atoms with Crippen LogP contribution in [0.3, 0.4) is 0 Å². The number of methoxy groups -OCH3 is 1. The lowest BCUT2D eigenvalue weighted by Gasteiger charge is -2.60. The van der Waals surface area contributed by atoms with Crippen LogP contribution in [-0.2, 0) is 38.1 Å². The van der Waals surface area contributed by atoms with E-state index in [-0.39, 0.29) is 64.7 Å². The van der Waals surface area contributed by atoms with Crippen LogP contribution in [0.5, 0.6) is 0 Å². The smallest absolute Gasteiger partial charge is 0.337 e. The van der Waals surface area contributed by atoms with Crippen LogP contribution in [0.1, 0.15) is 92.9 Å². The molecule has 0 aromatic heterocycles. The van der Waals surface area contributed by atoms with E-state index in [9.17, 15) is 50.1 Å². The van der Waals surface area contributed by atoms with E-state index in [1.165, 1.54) is 0 Å². The van der Waals surface area contributed by atoms with Gasteiger partial charge in [0, 0.05) is 17.8 Å². The number of ether oxygens (including phenoxy) is 5. The van der Waals surface area contributed by atoms with Gasteiger partial charge in [0.2, 0.25) is 5.78 Å². The molecule has 0 amide bonds. The number of Topliss-reactive ketones (excluding diaryl/α,β-unsaturated/α-hetero) is 2. The van der Waals surface area contributed by atoms with E-state index in [1.807, 2.05) is 33.8 Å². The van der Waals surface area contributed by atoms with E-state index < -0.39 is 85.5 Å². The molecule has 2 aliphatic heterocycles. The van der Waals surface area contributed by atoms with Gasteiger partial charge in [0.1, 0.15) is 42.7 Å². The fourth-order valence-corrected chi connectivity index (χ4v) is 11.9. The highest BCUT2D eigenvalue weighted by molar-refractivity contribution is 6.01. The number of aliphatic hydroxyl groups is 7. The maximum atomic E-state index is 14.1. The highest BCUT2D eigenvalue weighted by Gasteiger charge is 2.64. The largest absolute Gasteiger partial charge is 0.504 e. The van der Waals surface area contributed by atoms with Crippen molar-refractivity contribution in [1.29, 1.82) is 0 Å². The average molecular weight is 809 g/mol. The Bertz CT molecular complexity index is 1580. The number of hydrogen-bond acceptors (Lipinski definition) is 15. The second-order valence-corrected chi connectivity index (χ2v) is 18.3. The monoisotopic (exact) mass is 808 g/mol. The van der Waals surface area contributed by atoms with Crippen molar-refractivity contribution < 1.29 is 73.8 Å². The van der Waals surface area contributed by atoms with Crippen LogP contribution in [0.2, 0.25) is 0 Å². The van der Waals surface area contributed by atoms with Crippen molar-refractivity contribution in [3.63, 3.8) is 0 Å². The van der Waals surface area contributed by atoms with Crippen molar-refractivity contribution in [2.75, 3.05) is 13.7 Å². The third-order valence-electron chi connectivity index (χ3n) is 14.9. The Morgan fingerprint density at radius 1 is 0.895 bits per heavy atom. The number of carbonyl (C=O) groups is 3. The average Bonchev–Trinajstić information content (AvgIpc) is 3.37. The first kappa shape index (κ1) is 44.2. The Morgan fingerprint density at radius 3 is 2.23 bits per heavy atom. The van der Waals surface area contributed by atoms with Gasteiger partial charge in [-0.25, -0.2) is 4.79 Å². The van der Waals surface area contributed by atoms with Crippen LogP contribution in [0.25, 0.3) is 0 Å². The summed E-state index contributed by atoms with van der Waals surface area (Å²) in [5.41, 5.74) is 0.770. The molecule has 0 aromatic carbocycles. The molecule has 0 bridgehead atoms. The number of esters is 1. The van der Waals surface area contributed by atoms with E-state index >= 15 is 0 Å². The first-order valence-electron chi connectivity index (χ1n) is 20.7. The number of rotatable bonds is 11. The Hall–Kier alpha value is -2.31. The number of hydrogen-bond donors (Lipinski definition) is 7. The molecule has 18 atom stereocenters. The summed E-state index contributed by atoms with van der Waals surface area (Å²) in [6.45, 7) is 11.5. The summed E-state index contributed by atoms with van der Waals surface area (Å²) in [7, 11) is 1.11. The van der Waals surface area contributed by atoms with Crippen LogP contribution in [-0.4, -0.2) is 135 Å². The van der Waals surface area contributed by atoms with Gasteiger partial charge in [0.05, 0.1) is 19.8 Å². The van der Waals surface area contributed by atoms with Crippen LogP contribution >= 0.6 is 0 Å². The molecule has 3 saturated carbocycles. The maximum Gasteiger partial charge on any atom is 0.337 e. The van der Waals surface area contributed by atoms with Crippen molar-refractivity contribution >= 4 is 17.5 Å². The molecule has 0 unspecified atom stereocenters. The minimum Gasteiger partial charge on any atom is -0.504 e. The maximum absolute atomic E-state index is 14.1. The molecule has 57 heavy (non-hydrogen) atoms. The molecular weight excluding hydrogens is 744 g/mol. The summed E-state index contributed by atoms with van der Waals surface area (Å²) in [4.78, 5) is 40.0. The molecule has 4 aliphatic carbocycles. The zero-order chi connectivity index (χ0) is 41.9. The summed E-state index contributed by atoms with van der Waals surface area (Å²) in [6.07, 6.45) is -9.83. The summed E-state index contributed by atoms with van der Waals surface area (Å²) >= 11 is 0. The number of fused-ring (bicyclic) bond motifs is 5. The molecule has 6 aliphatic rings. The van der Waals surface area contributed by atoms with Gasteiger partial charge in [-0.15, -0.1) is 0 Å². The molecule has 5 fully saturated rings. The van der Waals surface area contributed by atoms with Gasteiger partial charge in [-0.2, -0.15) is 0 Å². The van der Waals surface area contributed by atoms with Gasteiger partial charge in [-0.1, -0.05) is 40.7 Å². The van der Waals surface area contributed by atoms with E-state index in [2.05, 4.69) is 13.8 Å². The standard InChI is InChI=1S/C42H64O15/c1-8-22(18(2)3)25(44)15-19(4)27-30(46)31(47)28-23-10-9-20-16-21(11-13-41(20,5)24(23)12-14-42(27,28)6)54-40-37(34(50)33(49)36(56-40)38(52)53-7)57-39-35(51)32(48)29(45)26(17-43)55-39/h8,18-21,23-24,26,28-29,32-37,39-40,43,45-46,48-51H,9-17H2,1-7H3/t19-,20+,21+,23-,24+,26-,28+,29-,32+,33+,34+,35-,36+,37-,39+,40-,41+,42-/m1/s1. The summed E-state index contributed by atoms with van der Waals surface area (Å²) in [5.74, 6) is -1.44. The van der Waals surface area contributed by atoms with Crippen molar-refractivity contribution in [3.8, 4) is 0 Å². The molecule has 15 heteroatoms.